The Hall–Kier alpha value is -1.93. The van der Waals surface area contributed by atoms with Crippen LogP contribution in [0.15, 0.2) is 12.7 Å². The van der Waals surface area contributed by atoms with E-state index in [4.69, 9.17) is 5.73 Å². The van der Waals surface area contributed by atoms with E-state index in [1.54, 1.807) is 0 Å². The number of nitrogens with zero attached hydrogens (tertiary/aromatic N) is 2. The van der Waals surface area contributed by atoms with Crippen molar-refractivity contribution in [2.24, 2.45) is 11.7 Å². The molecule has 1 aliphatic heterocycles. The van der Waals surface area contributed by atoms with Crippen molar-refractivity contribution in [3.63, 3.8) is 0 Å². The highest BCUT2D eigenvalue weighted by molar-refractivity contribution is 6.45. The monoisotopic (exact) mass is 330 g/mol. The van der Waals surface area contributed by atoms with E-state index in [0.29, 0.717) is 17.4 Å². The third kappa shape index (κ3) is 3.83. The number of rotatable bonds is 7. The summed E-state index contributed by atoms with van der Waals surface area (Å²) in [5, 5.41) is 2.57. The maximum atomic E-state index is 11.9. The number of carbonyl (C=O) groups is 4. The number of imide groups is 2. The van der Waals surface area contributed by atoms with Crippen molar-refractivity contribution in [3.05, 3.63) is 12.7 Å². The zero-order chi connectivity index (χ0) is 15.6. The molecule has 0 aromatic carbocycles. The third-order valence-corrected chi connectivity index (χ3v) is 3.51. The molecule has 2 rings (SSSR count). The van der Waals surface area contributed by atoms with Gasteiger partial charge in [-0.2, -0.15) is 0 Å². The lowest BCUT2D eigenvalue weighted by Crippen LogP contribution is -2.45. The fourth-order valence-corrected chi connectivity index (χ4v) is 2.10. The van der Waals surface area contributed by atoms with Crippen molar-refractivity contribution >= 4 is 36.2 Å². The minimum absolute atomic E-state index is 0. The quantitative estimate of drug-likeness (QED) is 0.362. The summed E-state index contributed by atoms with van der Waals surface area (Å²) in [6.45, 7) is 3.16. The van der Waals surface area contributed by atoms with Crippen molar-refractivity contribution in [1.82, 2.24) is 15.1 Å². The maximum Gasteiger partial charge on any atom is 0.335 e. The lowest BCUT2D eigenvalue weighted by molar-refractivity contribution is -0.143. The van der Waals surface area contributed by atoms with Gasteiger partial charge >= 0.3 is 17.8 Å². The fourth-order valence-electron chi connectivity index (χ4n) is 2.10. The van der Waals surface area contributed by atoms with Crippen molar-refractivity contribution < 1.29 is 19.2 Å². The smallest absolute Gasteiger partial charge is 0.335 e. The number of nitrogens with two attached hydrogens (primary N) is 1. The van der Waals surface area contributed by atoms with Gasteiger partial charge in [0, 0.05) is 19.1 Å². The van der Waals surface area contributed by atoms with Gasteiger partial charge < -0.3 is 11.1 Å². The Kier molecular flexibility index (Phi) is 6.07. The standard InChI is InChI=1S/C13H18N4O4.ClH/c1-2-5-16-11(19)12(20)17(13(16)21)7-10(18)15-6-9(14)8-3-4-8;/h2,8-9H,1,3-7,14H2,(H,15,18);1H. The third-order valence-electron chi connectivity index (χ3n) is 3.51. The lowest BCUT2D eigenvalue weighted by Gasteiger charge is -2.15. The highest BCUT2D eigenvalue weighted by atomic mass is 35.5. The van der Waals surface area contributed by atoms with Gasteiger partial charge in [0.05, 0.1) is 0 Å². The molecule has 0 aromatic heterocycles. The number of urea groups is 1. The number of nitrogens with one attached hydrogen (secondary N) is 1. The second-order valence-electron chi connectivity index (χ2n) is 5.18. The number of amides is 5. The van der Waals surface area contributed by atoms with Crippen LogP contribution in [0.2, 0.25) is 0 Å². The van der Waals surface area contributed by atoms with Crippen LogP contribution in [0, 0.1) is 5.92 Å². The van der Waals surface area contributed by atoms with Crippen LogP contribution in [0.1, 0.15) is 12.8 Å². The van der Waals surface area contributed by atoms with E-state index in [1.165, 1.54) is 6.08 Å². The molecule has 8 nitrogen and oxygen atoms in total. The molecule has 22 heavy (non-hydrogen) atoms. The van der Waals surface area contributed by atoms with Gasteiger partial charge in [-0.25, -0.2) is 9.69 Å². The second-order valence-corrected chi connectivity index (χ2v) is 5.18. The SMILES string of the molecule is C=CCN1C(=O)C(=O)N(CC(=O)NCC(N)C2CC2)C1=O.Cl. The van der Waals surface area contributed by atoms with E-state index < -0.39 is 30.3 Å². The summed E-state index contributed by atoms with van der Waals surface area (Å²) >= 11 is 0. The lowest BCUT2D eigenvalue weighted by atomic mass is 10.2. The largest absolute Gasteiger partial charge is 0.353 e. The van der Waals surface area contributed by atoms with Gasteiger partial charge in [-0.3, -0.25) is 19.3 Å². The van der Waals surface area contributed by atoms with Crippen LogP contribution < -0.4 is 11.1 Å². The van der Waals surface area contributed by atoms with E-state index in [9.17, 15) is 19.2 Å². The molecule has 122 valence electrons. The summed E-state index contributed by atoms with van der Waals surface area (Å²) in [5.41, 5.74) is 5.84. The first kappa shape index (κ1) is 18.1. The number of hydrogen-bond acceptors (Lipinski definition) is 5. The van der Waals surface area contributed by atoms with Gasteiger partial charge in [0.2, 0.25) is 5.91 Å². The molecule has 1 saturated carbocycles. The van der Waals surface area contributed by atoms with Crippen molar-refractivity contribution in [2.45, 2.75) is 18.9 Å². The van der Waals surface area contributed by atoms with Gasteiger partial charge in [-0.1, -0.05) is 6.08 Å². The molecular weight excluding hydrogens is 312 g/mol. The van der Waals surface area contributed by atoms with Gasteiger partial charge in [0.1, 0.15) is 6.54 Å². The first-order chi connectivity index (χ1) is 9.95. The molecule has 0 aromatic rings. The highest BCUT2D eigenvalue weighted by Crippen LogP contribution is 2.31. The van der Waals surface area contributed by atoms with Crippen LogP contribution in [-0.2, 0) is 14.4 Å². The first-order valence-electron chi connectivity index (χ1n) is 6.76. The Morgan fingerprint density at radius 1 is 1.32 bits per heavy atom. The predicted molar refractivity (Wildman–Crippen MR) is 80.0 cm³/mol. The van der Waals surface area contributed by atoms with Gasteiger partial charge in [0.25, 0.3) is 0 Å². The summed E-state index contributed by atoms with van der Waals surface area (Å²) in [6.07, 6.45) is 3.46. The summed E-state index contributed by atoms with van der Waals surface area (Å²) in [4.78, 5) is 48.2. The Morgan fingerprint density at radius 3 is 2.45 bits per heavy atom. The van der Waals surface area contributed by atoms with E-state index in [1.807, 2.05) is 0 Å². The molecule has 0 bridgehead atoms. The topological polar surface area (TPSA) is 113 Å². The predicted octanol–water partition coefficient (Wildman–Crippen LogP) is -0.761. The van der Waals surface area contributed by atoms with Crippen LogP contribution in [-0.4, -0.2) is 59.2 Å². The van der Waals surface area contributed by atoms with E-state index in [-0.39, 0.29) is 25.0 Å². The Bertz CT molecular complexity index is 506. The van der Waals surface area contributed by atoms with E-state index in [2.05, 4.69) is 11.9 Å². The molecule has 0 spiro atoms. The molecule has 1 aliphatic carbocycles. The Labute approximate surface area is 134 Å². The van der Waals surface area contributed by atoms with Crippen LogP contribution in [0.3, 0.4) is 0 Å². The zero-order valence-corrected chi connectivity index (χ0v) is 12.8. The van der Waals surface area contributed by atoms with Crippen LogP contribution in [0.5, 0.6) is 0 Å². The minimum atomic E-state index is -0.997. The summed E-state index contributed by atoms with van der Waals surface area (Å²) in [6, 6.07) is -0.913. The normalized spacial score (nSPS) is 19.0. The van der Waals surface area contributed by atoms with Crippen molar-refractivity contribution in [1.29, 1.82) is 0 Å². The molecule has 0 radical (unpaired) electrons. The summed E-state index contributed by atoms with van der Waals surface area (Å²) in [7, 11) is 0. The number of halogens is 1. The minimum Gasteiger partial charge on any atom is -0.353 e. The number of hydrogen-bond donors (Lipinski definition) is 2. The van der Waals surface area contributed by atoms with E-state index >= 15 is 0 Å². The van der Waals surface area contributed by atoms with Crippen LogP contribution in [0.25, 0.3) is 0 Å². The van der Waals surface area contributed by atoms with Crippen LogP contribution in [0.4, 0.5) is 4.79 Å². The van der Waals surface area contributed by atoms with Gasteiger partial charge in [-0.05, 0) is 18.8 Å². The first-order valence-corrected chi connectivity index (χ1v) is 6.76. The average Bonchev–Trinajstić information content (AvgIpc) is 3.27. The molecule has 1 atom stereocenters. The number of carbonyl (C=O) groups excluding carboxylic acids is 4. The molecule has 9 heteroatoms. The summed E-state index contributed by atoms with van der Waals surface area (Å²) < 4.78 is 0. The van der Waals surface area contributed by atoms with Crippen LogP contribution >= 0.6 is 12.4 Å². The van der Waals surface area contributed by atoms with Gasteiger partial charge in [-0.15, -0.1) is 19.0 Å². The maximum absolute atomic E-state index is 11.9. The zero-order valence-electron chi connectivity index (χ0n) is 12.0. The molecule has 2 aliphatic rings. The Morgan fingerprint density at radius 2 is 1.91 bits per heavy atom. The molecule has 1 saturated heterocycles. The van der Waals surface area contributed by atoms with E-state index in [0.717, 1.165) is 17.7 Å². The van der Waals surface area contributed by atoms with Gasteiger partial charge in [0.15, 0.2) is 0 Å². The Balaban J connectivity index is 0.00000242. The molecule has 1 unspecified atom stereocenters. The van der Waals surface area contributed by atoms with Crippen molar-refractivity contribution in [2.75, 3.05) is 19.6 Å². The average molecular weight is 331 g/mol. The molecule has 1 heterocycles. The fraction of sp³-hybridized carbons (Fsp3) is 0.538. The highest BCUT2D eigenvalue weighted by Gasteiger charge is 2.44. The molecule has 5 amide bonds. The van der Waals surface area contributed by atoms with Crippen molar-refractivity contribution in [3.8, 4) is 0 Å². The molecular formula is C13H19ClN4O4. The molecule has 2 fully saturated rings. The second kappa shape index (κ2) is 7.37. The molecule has 3 N–H and O–H groups in total. The summed E-state index contributed by atoms with van der Waals surface area (Å²) in [5.74, 6) is -2.02.